The van der Waals surface area contributed by atoms with Gasteiger partial charge in [-0.05, 0) is 23.6 Å². The molecule has 7 heteroatoms. The second kappa shape index (κ2) is 7.64. The molecule has 2 aromatic rings. The van der Waals surface area contributed by atoms with Crippen LogP contribution in [-0.4, -0.2) is 31.2 Å². The predicted octanol–water partition coefficient (Wildman–Crippen LogP) is 2.71. The highest BCUT2D eigenvalue weighted by molar-refractivity contribution is 7.10. The summed E-state index contributed by atoms with van der Waals surface area (Å²) >= 11 is 1.39. The molecule has 0 aliphatic rings. The van der Waals surface area contributed by atoms with Crippen molar-refractivity contribution in [2.24, 2.45) is 0 Å². The van der Waals surface area contributed by atoms with Crippen LogP contribution in [0.3, 0.4) is 0 Å². The lowest BCUT2D eigenvalue weighted by Crippen LogP contribution is -2.30. The number of thiophene rings is 1. The first-order valence-corrected chi connectivity index (χ1v) is 7.71. The number of para-hydroxylation sites is 1. The Bertz CT molecular complexity index is 684. The molecule has 23 heavy (non-hydrogen) atoms. The first-order valence-electron chi connectivity index (χ1n) is 6.83. The second-order valence-corrected chi connectivity index (χ2v) is 5.66. The highest BCUT2D eigenvalue weighted by Crippen LogP contribution is 2.31. The Balaban J connectivity index is 2.27. The number of carboxylic acid groups (broad SMARTS) is 1. The van der Waals surface area contributed by atoms with Gasteiger partial charge in [-0.2, -0.15) is 0 Å². The SMILES string of the molecule is COc1cccc(C(=O)N[C@@H](CC(=O)O)c2cccs2)c1OC. The number of amides is 1. The van der Waals surface area contributed by atoms with E-state index < -0.39 is 17.9 Å². The molecule has 1 aromatic carbocycles. The van der Waals surface area contributed by atoms with Crippen molar-refractivity contribution < 1.29 is 24.2 Å². The van der Waals surface area contributed by atoms with Crippen molar-refractivity contribution in [3.05, 3.63) is 46.2 Å². The van der Waals surface area contributed by atoms with E-state index in [9.17, 15) is 9.59 Å². The van der Waals surface area contributed by atoms with E-state index in [1.807, 2.05) is 11.4 Å². The summed E-state index contributed by atoms with van der Waals surface area (Å²) in [5.74, 6) is -0.652. The number of ether oxygens (including phenoxy) is 2. The third-order valence-electron chi connectivity index (χ3n) is 3.22. The summed E-state index contributed by atoms with van der Waals surface area (Å²) in [6.45, 7) is 0. The van der Waals surface area contributed by atoms with Crippen LogP contribution in [0.1, 0.15) is 27.7 Å². The molecule has 1 atom stereocenters. The fourth-order valence-electron chi connectivity index (χ4n) is 2.19. The Hall–Kier alpha value is -2.54. The van der Waals surface area contributed by atoms with Crippen LogP contribution in [0, 0.1) is 0 Å². The number of carbonyl (C=O) groups excluding carboxylic acids is 1. The highest BCUT2D eigenvalue weighted by atomic mass is 32.1. The van der Waals surface area contributed by atoms with Gasteiger partial charge in [0.05, 0.1) is 32.2 Å². The van der Waals surface area contributed by atoms with E-state index in [2.05, 4.69) is 5.32 Å². The first-order chi connectivity index (χ1) is 11.1. The molecule has 0 bridgehead atoms. The smallest absolute Gasteiger partial charge is 0.305 e. The summed E-state index contributed by atoms with van der Waals surface area (Å²) in [5.41, 5.74) is 0.291. The Kier molecular flexibility index (Phi) is 5.59. The Labute approximate surface area is 137 Å². The molecule has 2 N–H and O–H groups in total. The van der Waals surface area contributed by atoms with Crippen molar-refractivity contribution in [1.29, 1.82) is 0 Å². The predicted molar refractivity (Wildman–Crippen MR) is 86.3 cm³/mol. The molecule has 0 fully saturated rings. The number of nitrogens with one attached hydrogen (secondary N) is 1. The number of benzene rings is 1. The van der Waals surface area contributed by atoms with E-state index in [1.165, 1.54) is 25.6 Å². The monoisotopic (exact) mass is 335 g/mol. The maximum Gasteiger partial charge on any atom is 0.305 e. The molecule has 0 unspecified atom stereocenters. The molecule has 0 saturated carbocycles. The molecular weight excluding hydrogens is 318 g/mol. The standard InChI is InChI=1S/C16H17NO5S/c1-21-12-6-3-5-10(15(12)22-2)16(20)17-11(9-14(18)19)13-7-4-8-23-13/h3-8,11H,9H2,1-2H3,(H,17,20)(H,18,19)/t11-/m0/s1. The molecule has 2 rings (SSSR count). The van der Waals surface area contributed by atoms with E-state index in [-0.39, 0.29) is 6.42 Å². The molecule has 0 saturated heterocycles. The Morgan fingerprint density at radius 2 is 2.00 bits per heavy atom. The Morgan fingerprint density at radius 1 is 1.22 bits per heavy atom. The number of carboxylic acids is 1. The molecule has 1 aromatic heterocycles. The minimum atomic E-state index is -0.985. The van der Waals surface area contributed by atoms with Gasteiger partial charge in [0.2, 0.25) is 0 Å². The van der Waals surface area contributed by atoms with Gasteiger partial charge < -0.3 is 19.9 Å². The lowest BCUT2D eigenvalue weighted by atomic mass is 10.1. The van der Waals surface area contributed by atoms with Gasteiger partial charge in [-0.3, -0.25) is 9.59 Å². The van der Waals surface area contributed by atoms with Gasteiger partial charge in [0.25, 0.3) is 5.91 Å². The molecule has 6 nitrogen and oxygen atoms in total. The zero-order valence-corrected chi connectivity index (χ0v) is 13.6. The lowest BCUT2D eigenvalue weighted by molar-refractivity contribution is -0.137. The normalized spacial score (nSPS) is 11.6. The van der Waals surface area contributed by atoms with Crippen molar-refractivity contribution in [2.45, 2.75) is 12.5 Å². The minimum absolute atomic E-state index is 0.196. The number of aliphatic carboxylic acids is 1. The minimum Gasteiger partial charge on any atom is -0.493 e. The molecule has 1 amide bonds. The zero-order chi connectivity index (χ0) is 16.8. The highest BCUT2D eigenvalue weighted by Gasteiger charge is 2.22. The van der Waals surface area contributed by atoms with E-state index >= 15 is 0 Å². The van der Waals surface area contributed by atoms with E-state index in [0.29, 0.717) is 17.1 Å². The Morgan fingerprint density at radius 3 is 2.57 bits per heavy atom. The molecule has 122 valence electrons. The van der Waals surface area contributed by atoms with Gasteiger partial charge in [0.1, 0.15) is 0 Å². The van der Waals surface area contributed by atoms with Gasteiger partial charge in [-0.25, -0.2) is 0 Å². The van der Waals surface area contributed by atoms with Crippen LogP contribution in [0.5, 0.6) is 11.5 Å². The maximum atomic E-state index is 12.5. The summed E-state index contributed by atoms with van der Waals surface area (Å²) < 4.78 is 10.4. The van der Waals surface area contributed by atoms with Gasteiger partial charge >= 0.3 is 5.97 Å². The van der Waals surface area contributed by atoms with Crippen LogP contribution in [0.15, 0.2) is 35.7 Å². The summed E-state index contributed by atoms with van der Waals surface area (Å²) in [6.07, 6.45) is -0.196. The third-order valence-corrected chi connectivity index (χ3v) is 4.20. The van der Waals surface area contributed by atoms with Crippen molar-refractivity contribution in [3.8, 4) is 11.5 Å². The summed E-state index contributed by atoms with van der Waals surface area (Å²) in [5, 5.41) is 13.6. The van der Waals surface area contributed by atoms with Crippen molar-refractivity contribution in [2.75, 3.05) is 14.2 Å². The molecule has 0 aliphatic carbocycles. The number of hydrogen-bond acceptors (Lipinski definition) is 5. The summed E-state index contributed by atoms with van der Waals surface area (Å²) in [7, 11) is 2.93. The van der Waals surface area contributed by atoms with Gasteiger partial charge in [0.15, 0.2) is 11.5 Å². The van der Waals surface area contributed by atoms with Crippen LogP contribution in [0.25, 0.3) is 0 Å². The molecular formula is C16H17NO5S. The quantitative estimate of drug-likeness (QED) is 0.813. The number of methoxy groups -OCH3 is 2. The van der Waals surface area contributed by atoms with Crippen LogP contribution in [0.2, 0.25) is 0 Å². The van der Waals surface area contributed by atoms with Crippen molar-refractivity contribution in [3.63, 3.8) is 0 Å². The number of carbonyl (C=O) groups is 2. The lowest BCUT2D eigenvalue weighted by Gasteiger charge is -2.17. The second-order valence-electron chi connectivity index (χ2n) is 4.68. The van der Waals surface area contributed by atoms with E-state index in [4.69, 9.17) is 14.6 Å². The fourth-order valence-corrected chi connectivity index (χ4v) is 2.97. The van der Waals surface area contributed by atoms with Gasteiger partial charge in [-0.1, -0.05) is 12.1 Å². The van der Waals surface area contributed by atoms with E-state index in [0.717, 1.165) is 4.88 Å². The molecule has 0 spiro atoms. The van der Waals surface area contributed by atoms with Crippen LogP contribution < -0.4 is 14.8 Å². The van der Waals surface area contributed by atoms with Crippen molar-refractivity contribution >= 4 is 23.2 Å². The zero-order valence-electron chi connectivity index (χ0n) is 12.7. The van der Waals surface area contributed by atoms with Crippen LogP contribution >= 0.6 is 11.3 Å². The average Bonchev–Trinajstić information content (AvgIpc) is 3.07. The van der Waals surface area contributed by atoms with E-state index in [1.54, 1.807) is 24.3 Å². The average molecular weight is 335 g/mol. The summed E-state index contributed by atoms with van der Waals surface area (Å²) in [4.78, 5) is 24.4. The summed E-state index contributed by atoms with van der Waals surface area (Å²) in [6, 6.07) is 7.96. The van der Waals surface area contributed by atoms with Gasteiger partial charge in [-0.15, -0.1) is 11.3 Å². The third kappa shape index (κ3) is 4.01. The topological polar surface area (TPSA) is 84.9 Å². The van der Waals surface area contributed by atoms with Crippen molar-refractivity contribution in [1.82, 2.24) is 5.32 Å². The van der Waals surface area contributed by atoms with Crippen LogP contribution in [-0.2, 0) is 4.79 Å². The largest absolute Gasteiger partial charge is 0.493 e. The number of rotatable bonds is 7. The maximum absolute atomic E-state index is 12.5. The first kappa shape index (κ1) is 16.8. The fraction of sp³-hybridized carbons (Fsp3) is 0.250. The van der Waals surface area contributed by atoms with Gasteiger partial charge in [0, 0.05) is 4.88 Å². The van der Waals surface area contributed by atoms with Crippen LogP contribution in [0.4, 0.5) is 0 Å². The number of hydrogen-bond donors (Lipinski definition) is 2. The molecule has 1 heterocycles. The molecule has 0 aliphatic heterocycles. The molecule has 0 radical (unpaired) electrons.